The molecule has 90 valence electrons. The van der Waals surface area contributed by atoms with Gasteiger partial charge < -0.3 is 15.0 Å². The zero-order valence-corrected chi connectivity index (χ0v) is 10.1. The number of aliphatic hydroxyl groups is 1. The molecular formula is C12H21N3O. The van der Waals surface area contributed by atoms with Crippen molar-refractivity contribution in [1.82, 2.24) is 14.9 Å². The molecule has 0 amide bonds. The summed E-state index contributed by atoms with van der Waals surface area (Å²) < 4.78 is 2.04. The van der Waals surface area contributed by atoms with Crippen LogP contribution < -0.4 is 5.32 Å². The Bertz CT molecular complexity index is 329. The first kappa shape index (κ1) is 11.6. The molecule has 0 aliphatic carbocycles. The first-order chi connectivity index (χ1) is 7.70. The molecule has 1 saturated heterocycles. The number of aromatic nitrogens is 2. The largest absolute Gasteiger partial charge is 0.385 e. The van der Waals surface area contributed by atoms with Gasteiger partial charge in [0, 0.05) is 12.1 Å². The van der Waals surface area contributed by atoms with Crippen LogP contribution in [0, 0.1) is 0 Å². The Hall–Kier alpha value is -0.870. The van der Waals surface area contributed by atoms with Gasteiger partial charge in [-0.25, -0.2) is 4.98 Å². The Morgan fingerprint density at radius 2 is 2.31 bits per heavy atom. The van der Waals surface area contributed by atoms with E-state index in [0.29, 0.717) is 6.04 Å². The summed E-state index contributed by atoms with van der Waals surface area (Å²) in [5.41, 5.74) is 0.925. The first-order valence-corrected chi connectivity index (χ1v) is 6.13. The fourth-order valence-electron chi connectivity index (χ4n) is 2.33. The van der Waals surface area contributed by atoms with Gasteiger partial charge in [-0.15, -0.1) is 0 Å². The van der Waals surface area contributed by atoms with Crippen LogP contribution in [0.5, 0.6) is 0 Å². The van der Waals surface area contributed by atoms with E-state index in [-0.39, 0.29) is 6.04 Å². The van der Waals surface area contributed by atoms with Gasteiger partial charge in [-0.05, 0) is 33.2 Å². The molecule has 4 nitrogen and oxygen atoms in total. The van der Waals surface area contributed by atoms with Crippen molar-refractivity contribution in [2.24, 2.45) is 0 Å². The third kappa shape index (κ3) is 2.28. The van der Waals surface area contributed by atoms with E-state index in [1.54, 1.807) is 12.5 Å². The summed E-state index contributed by atoms with van der Waals surface area (Å²) in [6.45, 7) is 5.22. The SMILES string of the molecule is CC(C)n1cncc1C(O)C1CCCCN1. The molecule has 0 spiro atoms. The van der Waals surface area contributed by atoms with Crippen LogP contribution >= 0.6 is 0 Å². The first-order valence-electron chi connectivity index (χ1n) is 6.13. The molecule has 0 radical (unpaired) electrons. The molecule has 4 heteroatoms. The van der Waals surface area contributed by atoms with Crippen LogP contribution in [0.4, 0.5) is 0 Å². The van der Waals surface area contributed by atoms with E-state index < -0.39 is 6.10 Å². The highest BCUT2D eigenvalue weighted by atomic mass is 16.3. The fraction of sp³-hybridized carbons (Fsp3) is 0.750. The minimum atomic E-state index is -0.440. The van der Waals surface area contributed by atoms with Gasteiger partial charge in [0.25, 0.3) is 0 Å². The fourth-order valence-corrected chi connectivity index (χ4v) is 2.33. The van der Waals surface area contributed by atoms with Crippen molar-refractivity contribution in [3.05, 3.63) is 18.2 Å². The maximum absolute atomic E-state index is 10.3. The third-order valence-corrected chi connectivity index (χ3v) is 3.28. The maximum Gasteiger partial charge on any atom is 0.111 e. The lowest BCUT2D eigenvalue weighted by Gasteiger charge is -2.29. The van der Waals surface area contributed by atoms with E-state index >= 15 is 0 Å². The molecule has 0 bridgehead atoms. The number of rotatable bonds is 3. The van der Waals surface area contributed by atoms with E-state index in [0.717, 1.165) is 18.7 Å². The van der Waals surface area contributed by atoms with Crippen molar-refractivity contribution in [2.45, 2.75) is 51.3 Å². The lowest BCUT2D eigenvalue weighted by atomic mass is 9.98. The summed E-state index contributed by atoms with van der Waals surface area (Å²) in [7, 11) is 0. The highest BCUT2D eigenvalue weighted by Gasteiger charge is 2.25. The van der Waals surface area contributed by atoms with Crippen LogP contribution in [0.15, 0.2) is 12.5 Å². The summed E-state index contributed by atoms with van der Waals surface area (Å²) >= 11 is 0. The number of hydrogen-bond acceptors (Lipinski definition) is 3. The van der Waals surface area contributed by atoms with Gasteiger partial charge in [0.2, 0.25) is 0 Å². The van der Waals surface area contributed by atoms with Gasteiger partial charge >= 0.3 is 0 Å². The van der Waals surface area contributed by atoms with E-state index in [1.807, 2.05) is 4.57 Å². The minimum Gasteiger partial charge on any atom is -0.385 e. The Labute approximate surface area is 96.7 Å². The molecule has 0 saturated carbocycles. The van der Waals surface area contributed by atoms with Crippen molar-refractivity contribution in [3.8, 4) is 0 Å². The lowest BCUT2D eigenvalue weighted by molar-refractivity contribution is 0.105. The van der Waals surface area contributed by atoms with Gasteiger partial charge in [0.1, 0.15) is 6.10 Å². The summed E-state index contributed by atoms with van der Waals surface area (Å²) in [4.78, 5) is 4.13. The molecule has 16 heavy (non-hydrogen) atoms. The zero-order chi connectivity index (χ0) is 11.5. The van der Waals surface area contributed by atoms with Gasteiger partial charge in [-0.3, -0.25) is 0 Å². The molecule has 2 unspecified atom stereocenters. The second-order valence-electron chi connectivity index (χ2n) is 4.82. The van der Waals surface area contributed by atoms with Crippen molar-refractivity contribution in [2.75, 3.05) is 6.54 Å². The van der Waals surface area contributed by atoms with Crippen molar-refractivity contribution in [1.29, 1.82) is 0 Å². The molecule has 1 aromatic rings. The number of nitrogens with zero attached hydrogens (tertiary/aromatic N) is 2. The predicted octanol–water partition coefficient (Wildman–Crippen LogP) is 1.64. The minimum absolute atomic E-state index is 0.183. The quantitative estimate of drug-likeness (QED) is 0.819. The molecule has 2 atom stereocenters. The summed E-state index contributed by atoms with van der Waals surface area (Å²) in [6, 6.07) is 0.527. The van der Waals surface area contributed by atoms with Crippen molar-refractivity contribution < 1.29 is 5.11 Å². The Kier molecular flexibility index (Phi) is 3.61. The topological polar surface area (TPSA) is 50.1 Å². The summed E-state index contributed by atoms with van der Waals surface area (Å²) in [5.74, 6) is 0. The second kappa shape index (κ2) is 4.97. The average molecular weight is 223 g/mol. The van der Waals surface area contributed by atoms with Crippen LogP contribution in [0.25, 0.3) is 0 Å². The zero-order valence-electron chi connectivity index (χ0n) is 10.1. The summed E-state index contributed by atoms with van der Waals surface area (Å²) in [5, 5.41) is 13.7. The number of nitrogens with one attached hydrogen (secondary N) is 1. The van der Waals surface area contributed by atoms with Crippen molar-refractivity contribution in [3.63, 3.8) is 0 Å². The highest BCUT2D eigenvalue weighted by molar-refractivity contribution is 5.07. The van der Waals surface area contributed by atoms with Crippen LogP contribution in [-0.2, 0) is 0 Å². The molecule has 1 aliphatic heterocycles. The summed E-state index contributed by atoms with van der Waals surface area (Å²) in [6.07, 6.45) is 6.60. The smallest absolute Gasteiger partial charge is 0.111 e. The van der Waals surface area contributed by atoms with Gasteiger partial charge in [-0.1, -0.05) is 6.42 Å². The Morgan fingerprint density at radius 3 is 2.94 bits per heavy atom. The highest BCUT2D eigenvalue weighted by Crippen LogP contribution is 2.24. The molecule has 1 aromatic heterocycles. The molecule has 2 rings (SSSR count). The normalized spacial score (nSPS) is 23.6. The van der Waals surface area contributed by atoms with Crippen LogP contribution in [0.3, 0.4) is 0 Å². The number of hydrogen-bond donors (Lipinski definition) is 2. The molecule has 0 aromatic carbocycles. The van der Waals surface area contributed by atoms with E-state index in [9.17, 15) is 5.11 Å². The Morgan fingerprint density at radius 1 is 1.50 bits per heavy atom. The van der Waals surface area contributed by atoms with E-state index in [2.05, 4.69) is 24.1 Å². The van der Waals surface area contributed by atoms with E-state index in [1.165, 1.54) is 12.8 Å². The lowest BCUT2D eigenvalue weighted by Crippen LogP contribution is -2.39. The van der Waals surface area contributed by atoms with Gasteiger partial charge in [-0.2, -0.15) is 0 Å². The second-order valence-corrected chi connectivity index (χ2v) is 4.82. The molecule has 2 N–H and O–H groups in total. The van der Waals surface area contributed by atoms with Crippen LogP contribution in [0.2, 0.25) is 0 Å². The maximum atomic E-state index is 10.3. The third-order valence-electron chi connectivity index (χ3n) is 3.28. The van der Waals surface area contributed by atoms with Gasteiger partial charge in [0.05, 0.1) is 18.2 Å². The monoisotopic (exact) mass is 223 g/mol. The van der Waals surface area contributed by atoms with E-state index in [4.69, 9.17) is 0 Å². The Balaban J connectivity index is 2.12. The molecular weight excluding hydrogens is 202 g/mol. The standard InChI is InChI=1S/C12H21N3O/c1-9(2)15-8-13-7-11(15)12(16)10-5-3-4-6-14-10/h7-10,12,14,16H,3-6H2,1-2H3. The van der Waals surface area contributed by atoms with Crippen molar-refractivity contribution >= 4 is 0 Å². The number of imidazole rings is 1. The number of piperidine rings is 1. The van der Waals surface area contributed by atoms with Crippen LogP contribution in [-0.4, -0.2) is 27.2 Å². The van der Waals surface area contributed by atoms with Gasteiger partial charge in [0.15, 0.2) is 0 Å². The number of aliphatic hydroxyl groups excluding tert-OH is 1. The predicted molar refractivity (Wildman–Crippen MR) is 63.2 cm³/mol. The van der Waals surface area contributed by atoms with Crippen LogP contribution in [0.1, 0.15) is 50.9 Å². The average Bonchev–Trinajstić information content (AvgIpc) is 2.78. The molecule has 2 heterocycles. The molecule has 1 fully saturated rings. The molecule has 1 aliphatic rings.